The van der Waals surface area contributed by atoms with Crippen molar-refractivity contribution in [3.8, 4) is 0 Å². The van der Waals surface area contributed by atoms with Crippen LogP contribution in [0.3, 0.4) is 0 Å². The Morgan fingerprint density at radius 1 is 1.19 bits per heavy atom. The van der Waals surface area contributed by atoms with Gasteiger partial charge in [0.15, 0.2) is 0 Å². The average Bonchev–Trinajstić information content (AvgIpc) is 3.45. The van der Waals surface area contributed by atoms with E-state index in [2.05, 4.69) is 5.32 Å². The summed E-state index contributed by atoms with van der Waals surface area (Å²) in [5.74, 6) is 0.0932. The zero-order valence-corrected chi connectivity index (χ0v) is 15.2. The predicted molar refractivity (Wildman–Crippen MR) is 101 cm³/mol. The summed E-state index contributed by atoms with van der Waals surface area (Å²) in [4.78, 5) is 36.5. The Labute approximate surface area is 157 Å². The van der Waals surface area contributed by atoms with Crippen LogP contribution >= 0.6 is 12.4 Å². The maximum absolute atomic E-state index is 12.5. The average molecular weight is 379 g/mol. The largest absolute Gasteiger partial charge is 0.353 e. The van der Waals surface area contributed by atoms with E-state index in [1.54, 1.807) is 0 Å². The quantitative estimate of drug-likeness (QED) is 0.725. The summed E-state index contributed by atoms with van der Waals surface area (Å²) in [6, 6.07) is 10.7. The lowest BCUT2D eigenvalue weighted by atomic mass is 10.2. The molecule has 3 N–H and O–H groups in total. The highest BCUT2D eigenvalue weighted by molar-refractivity contribution is 5.85. The van der Waals surface area contributed by atoms with Crippen molar-refractivity contribution in [1.82, 2.24) is 14.5 Å². The molecule has 3 rings (SSSR count). The Bertz CT molecular complexity index is 859. The van der Waals surface area contributed by atoms with E-state index in [1.165, 1.54) is 16.8 Å². The fourth-order valence-electron chi connectivity index (χ4n) is 2.73. The third-order valence-electron chi connectivity index (χ3n) is 4.40. The Hall–Kier alpha value is -2.38. The summed E-state index contributed by atoms with van der Waals surface area (Å²) >= 11 is 0. The Morgan fingerprint density at radius 2 is 1.88 bits per heavy atom. The van der Waals surface area contributed by atoms with E-state index in [1.807, 2.05) is 30.3 Å². The molecular formula is C18H23ClN4O3. The van der Waals surface area contributed by atoms with Crippen LogP contribution in [-0.4, -0.2) is 27.6 Å². The standard InChI is InChI=1S/C18H22N4O3.ClH/c19-15(14-6-7-14)10-20-16(23)12-22-17(24)8-9-21(18(22)25)11-13-4-2-1-3-5-13;/h1-5,8-9,14-15H,6-7,10-12,19H2,(H,20,23);1H. The molecule has 1 aliphatic carbocycles. The zero-order chi connectivity index (χ0) is 17.8. The van der Waals surface area contributed by atoms with E-state index in [4.69, 9.17) is 5.73 Å². The highest BCUT2D eigenvalue weighted by Crippen LogP contribution is 2.31. The second kappa shape index (κ2) is 8.82. The predicted octanol–water partition coefficient (Wildman–Crippen LogP) is 0.334. The molecule has 1 fully saturated rings. The van der Waals surface area contributed by atoms with Gasteiger partial charge in [0.1, 0.15) is 6.54 Å². The van der Waals surface area contributed by atoms with Gasteiger partial charge in [-0.3, -0.25) is 18.7 Å². The van der Waals surface area contributed by atoms with Gasteiger partial charge >= 0.3 is 5.69 Å². The van der Waals surface area contributed by atoms with E-state index in [0.717, 1.165) is 23.0 Å². The van der Waals surface area contributed by atoms with Crippen LogP contribution in [0.2, 0.25) is 0 Å². The number of nitrogens with one attached hydrogen (secondary N) is 1. The molecule has 8 heteroatoms. The van der Waals surface area contributed by atoms with Gasteiger partial charge in [0.25, 0.3) is 5.56 Å². The minimum absolute atomic E-state index is 0. The third kappa shape index (κ3) is 5.06. The van der Waals surface area contributed by atoms with E-state index in [9.17, 15) is 14.4 Å². The summed E-state index contributed by atoms with van der Waals surface area (Å²) in [5, 5.41) is 2.70. The normalized spacial score (nSPS) is 14.3. The van der Waals surface area contributed by atoms with Crippen molar-refractivity contribution in [1.29, 1.82) is 0 Å². The smallest absolute Gasteiger partial charge is 0.331 e. The van der Waals surface area contributed by atoms with Gasteiger partial charge in [-0.05, 0) is 24.3 Å². The van der Waals surface area contributed by atoms with Crippen LogP contribution in [-0.2, 0) is 17.9 Å². The van der Waals surface area contributed by atoms with Crippen LogP contribution in [0.15, 0.2) is 52.2 Å². The van der Waals surface area contributed by atoms with Gasteiger partial charge in [-0.2, -0.15) is 0 Å². The molecule has 2 aromatic rings. The molecule has 140 valence electrons. The molecule has 0 saturated heterocycles. The number of carbonyl (C=O) groups is 1. The lowest BCUT2D eigenvalue weighted by Gasteiger charge is -2.13. The SMILES string of the molecule is Cl.NC(CNC(=O)Cn1c(=O)ccn(Cc2ccccc2)c1=O)C1CC1. The van der Waals surface area contributed by atoms with Gasteiger partial charge in [0.05, 0.1) is 6.54 Å². The maximum atomic E-state index is 12.5. The van der Waals surface area contributed by atoms with Crippen molar-refractivity contribution in [2.75, 3.05) is 6.54 Å². The monoisotopic (exact) mass is 378 g/mol. The second-order valence-electron chi connectivity index (χ2n) is 6.44. The Kier molecular flexibility index (Phi) is 6.76. The fraction of sp³-hybridized carbons (Fsp3) is 0.389. The first-order valence-corrected chi connectivity index (χ1v) is 8.41. The summed E-state index contributed by atoms with van der Waals surface area (Å²) < 4.78 is 2.36. The number of benzene rings is 1. The summed E-state index contributed by atoms with van der Waals surface area (Å²) in [7, 11) is 0. The molecule has 1 aliphatic rings. The topological polar surface area (TPSA) is 99.1 Å². The molecule has 0 aliphatic heterocycles. The number of hydrogen-bond acceptors (Lipinski definition) is 4. The number of amides is 1. The van der Waals surface area contributed by atoms with Gasteiger partial charge < -0.3 is 11.1 Å². The minimum Gasteiger partial charge on any atom is -0.353 e. The molecule has 0 radical (unpaired) electrons. The molecular weight excluding hydrogens is 356 g/mol. The fourth-order valence-corrected chi connectivity index (χ4v) is 2.73. The molecule has 1 unspecified atom stereocenters. The number of nitrogens with zero attached hydrogens (tertiary/aromatic N) is 2. The highest BCUT2D eigenvalue weighted by atomic mass is 35.5. The molecule has 26 heavy (non-hydrogen) atoms. The van der Waals surface area contributed by atoms with E-state index >= 15 is 0 Å². The maximum Gasteiger partial charge on any atom is 0.331 e. The van der Waals surface area contributed by atoms with Crippen molar-refractivity contribution in [2.45, 2.75) is 32.0 Å². The summed E-state index contributed by atoms with van der Waals surface area (Å²) in [5.41, 5.74) is 5.89. The zero-order valence-electron chi connectivity index (χ0n) is 14.3. The van der Waals surface area contributed by atoms with Crippen molar-refractivity contribution in [3.63, 3.8) is 0 Å². The number of rotatable bonds is 7. The van der Waals surface area contributed by atoms with Crippen molar-refractivity contribution in [2.24, 2.45) is 11.7 Å². The molecule has 1 atom stereocenters. The number of nitrogens with two attached hydrogens (primary N) is 1. The van der Waals surface area contributed by atoms with Crippen LogP contribution in [0.25, 0.3) is 0 Å². The van der Waals surface area contributed by atoms with Crippen LogP contribution in [0.4, 0.5) is 0 Å². The Morgan fingerprint density at radius 3 is 2.54 bits per heavy atom. The molecule has 7 nitrogen and oxygen atoms in total. The van der Waals surface area contributed by atoms with Crippen LogP contribution in [0, 0.1) is 5.92 Å². The molecule has 1 heterocycles. The van der Waals surface area contributed by atoms with Crippen LogP contribution < -0.4 is 22.3 Å². The number of halogens is 1. The summed E-state index contributed by atoms with van der Waals surface area (Å²) in [6.45, 7) is 0.405. The molecule has 1 aromatic heterocycles. The van der Waals surface area contributed by atoms with Gasteiger partial charge in [-0.1, -0.05) is 30.3 Å². The third-order valence-corrected chi connectivity index (χ3v) is 4.40. The lowest BCUT2D eigenvalue weighted by Crippen LogP contribution is -2.45. The van der Waals surface area contributed by atoms with Crippen LogP contribution in [0.1, 0.15) is 18.4 Å². The van der Waals surface area contributed by atoms with Crippen molar-refractivity contribution >= 4 is 18.3 Å². The first kappa shape index (κ1) is 19.9. The van der Waals surface area contributed by atoms with Gasteiger partial charge in [0, 0.05) is 24.8 Å². The van der Waals surface area contributed by atoms with Gasteiger partial charge in [0.2, 0.25) is 5.91 Å². The number of hydrogen-bond donors (Lipinski definition) is 2. The number of carbonyl (C=O) groups excluding carboxylic acids is 1. The van der Waals surface area contributed by atoms with Gasteiger partial charge in [-0.25, -0.2) is 4.79 Å². The number of aromatic nitrogens is 2. The molecule has 0 bridgehead atoms. The van der Waals surface area contributed by atoms with E-state index in [0.29, 0.717) is 19.0 Å². The van der Waals surface area contributed by atoms with Crippen molar-refractivity contribution < 1.29 is 4.79 Å². The van der Waals surface area contributed by atoms with E-state index < -0.39 is 11.2 Å². The van der Waals surface area contributed by atoms with Gasteiger partial charge in [-0.15, -0.1) is 12.4 Å². The first-order chi connectivity index (χ1) is 12.0. The second-order valence-corrected chi connectivity index (χ2v) is 6.44. The highest BCUT2D eigenvalue weighted by Gasteiger charge is 2.28. The first-order valence-electron chi connectivity index (χ1n) is 8.41. The Balaban J connectivity index is 0.00000243. The van der Waals surface area contributed by atoms with E-state index in [-0.39, 0.29) is 30.9 Å². The van der Waals surface area contributed by atoms with Crippen molar-refractivity contribution in [3.05, 3.63) is 69.0 Å². The molecule has 1 saturated carbocycles. The molecule has 1 amide bonds. The molecule has 1 aromatic carbocycles. The minimum atomic E-state index is -0.502. The summed E-state index contributed by atoms with van der Waals surface area (Å²) in [6.07, 6.45) is 3.65. The lowest BCUT2D eigenvalue weighted by molar-refractivity contribution is -0.121. The molecule has 0 spiro atoms. The van der Waals surface area contributed by atoms with Crippen LogP contribution in [0.5, 0.6) is 0 Å².